The highest BCUT2D eigenvalue weighted by atomic mass is 16.3. The summed E-state index contributed by atoms with van der Waals surface area (Å²) in [5, 5.41) is 26.3. The molecule has 132 valence electrons. The zero-order valence-electron chi connectivity index (χ0n) is 14.8. The van der Waals surface area contributed by atoms with Crippen molar-refractivity contribution in [2.75, 3.05) is 23.7 Å². The summed E-state index contributed by atoms with van der Waals surface area (Å²) in [4.78, 5) is 0. The Morgan fingerprint density at radius 2 is 1.24 bits per heavy atom. The van der Waals surface area contributed by atoms with E-state index in [-0.39, 0.29) is 16.9 Å². The molecular formula is C21H26N2O2. The quantitative estimate of drug-likeness (QED) is 0.419. The van der Waals surface area contributed by atoms with E-state index in [9.17, 15) is 10.2 Å². The highest BCUT2D eigenvalue weighted by molar-refractivity contribution is 5.62. The predicted molar refractivity (Wildman–Crippen MR) is 106 cm³/mol. The zero-order valence-corrected chi connectivity index (χ0v) is 14.8. The van der Waals surface area contributed by atoms with Gasteiger partial charge in [0.1, 0.15) is 11.5 Å². The maximum absolute atomic E-state index is 10.0. The Balaban J connectivity index is 2.40. The monoisotopic (exact) mass is 338 g/mol. The molecule has 4 nitrogen and oxygen atoms in total. The molecule has 0 unspecified atom stereocenters. The van der Waals surface area contributed by atoms with Gasteiger partial charge in [-0.1, -0.05) is 38.1 Å². The van der Waals surface area contributed by atoms with Crippen molar-refractivity contribution in [2.24, 2.45) is 0 Å². The minimum absolute atomic E-state index is 0.209. The Hall–Kier alpha value is -2.88. The van der Waals surface area contributed by atoms with Gasteiger partial charge in [0.15, 0.2) is 0 Å². The molecule has 0 bridgehead atoms. The van der Waals surface area contributed by atoms with E-state index in [2.05, 4.69) is 37.6 Å². The van der Waals surface area contributed by atoms with Crippen LogP contribution in [0.1, 0.15) is 25.0 Å². The summed E-state index contributed by atoms with van der Waals surface area (Å²) in [5.74, 6) is 0.417. The van der Waals surface area contributed by atoms with E-state index >= 15 is 0 Å². The van der Waals surface area contributed by atoms with Gasteiger partial charge in [-0.3, -0.25) is 0 Å². The van der Waals surface area contributed by atoms with E-state index in [0.717, 1.165) is 11.1 Å². The minimum atomic E-state index is -0.309. The molecule has 0 aliphatic heterocycles. The molecule has 0 amide bonds. The topological polar surface area (TPSA) is 64.5 Å². The van der Waals surface area contributed by atoms with Gasteiger partial charge in [-0.2, -0.15) is 0 Å². The lowest BCUT2D eigenvalue weighted by molar-refractivity contribution is 0.476. The fourth-order valence-electron chi connectivity index (χ4n) is 2.66. The molecule has 0 heterocycles. The number of rotatable bonds is 8. The third-order valence-corrected chi connectivity index (χ3v) is 4.31. The van der Waals surface area contributed by atoms with Gasteiger partial charge in [0.25, 0.3) is 0 Å². The number of phenolic OH excluding ortho intramolecular Hbond substituents is 2. The average Bonchev–Trinajstić information content (AvgIpc) is 2.60. The molecule has 2 rings (SSSR count). The summed E-state index contributed by atoms with van der Waals surface area (Å²) in [5.41, 5.74) is 3.15. The largest absolute Gasteiger partial charge is 0.506 e. The zero-order chi connectivity index (χ0) is 18.4. The molecule has 0 atom stereocenters. The first kappa shape index (κ1) is 18.5. The van der Waals surface area contributed by atoms with Crippen molar-refractivity contribution in [3.63, 3.8) is 0 Å². The van der Waals surface area contributed by atoms with Crippen molar-refractivity contribution in [3.8, 4) is 11.5 Å². The molecule has 0 spiro atoms. The van der Waals surface area contributed by atoms with Crippen LogP contribution < -0.4 is 10.6 Å². The van der Waals surface area contributed by atoms with E-state index < -0.39 is 0 Å². The maximum Gasteiger partial charge on any atom is 0.138 e. The molecule has 2 aromatic carbocycles. The number of hydrogen-bond acceptors (Lipinski definition) is 4. The van der Waals surface area contributed by atoms with Crippen molar-refractivity contribution in [3.05, 3.63) is 72.8 Å². The second-order valence-electron chi connectivity index (χ2n) is 6.43. The van der Waals surface area contributed by atoms with Crippen molar-refractivity contribution in [2.45, 2.75) is 19.3 Å². The Morgan fingerprint density at radius 3 is 1.60 bits per heavy atom. The molecule has 0 saturated carbocycles. The lowest BCUT2D eigenvalue weighted by Gasteiger charge is -2.28. The normalized spacial score (nSPS) is 11.0. The molecule has 25 heavy (non-hydrogen) atoms. The molecular weight excluding hydrogens is 312 g/mol. The van der Waals surface area contributed by atoms with Gasteiger partial charge in [0, 0.05) is 18.5 Å². The summed E-state index contributed by atoms with van der Waals surface area (Å²) >= 11 is 0. The fourth-order valence-corrected chi connectivity index (χ4v) is 2.66. The second kappa shape index (κ2) is 7.79. The predicted octanol–water partition coefficient (Wildman–Crippen LogP) is 4.62. The number of nitrogens with one attached hydrogen (secondary N) is 2. The highest BCUT2D eigenvalue weighted by Gasteiger charge is 2.25. The summed E-state index contributed by atoms with van der Waals surface area (Å²) in [7, 11) is 0. The molecule has 2 aromatic rings. The first-order chi connectivity index (χ1) is 11.9. The van der Waals surface area contributed by atoms with Gasteiger partial charge in [-0.05, 0) is 35.4 Å². The van der Waals surface area contributed by atoms with Crippen LogP contribution >= 0.6 is 0 Å². The molecule has 0 saturated heterocycles. The third-order valence-electron chi connectivity index (χ3n) is 4.31. The lowest BCUT2D eigenvalue weighted by atomic mass is 9.77. The van der Waals surface area contributed by atoms with E-state index in [1.54, 1.807) is 24.3 Å². The first-order valence-electron chi connectivity index (χ1n) is 8.26. The highest BCUT2D eigenvalue weighted by Crippen LogP contribution is 2.38. The summed E-state index contributed by atoms with van der Waals surface area (Å²) in [6.45, 7) is 12.7. The van der Waals surface area contributed by atoms with Crippen molar-refractivity contribution in [1.82, 2.24) is 0 Å². The van der Waals surface area contributed by atoms with Crippen LogP contribution in [0.15, 0.2) is 61.7 Å². The number of phenols is 2. The van der Waals surface area contributed by atoms with Gasteiger partial charge in [0.05, 0.1) is 11.4 Å². The SMILES string of the molecule is C=CCNc1cc(C(C)(C)c2ccc(O)c(NCC=C)c2)ccc1O. The molecule has 0 aliphatic rings. The van der Waals surface area contributed by atoms with Gasteiger partial charge >= 0.3 is 0 Å². The van der Waals surface area contributed by atoms with Crippen LogP contribution in [0, 0.1) is 0 Å². The van der Waals surface area contributed by atoms with Crippen LogP contribution in [0.3, 0.4) is 0 Å². The van der Waals surface area contributed by atoms with E-state index in [1.807, 2.05) is 24.3 Å². The fraction of sp³-hybridized carbons (Fsp3) is 0.238. The number of anilines is 2. The lowest BCUT2D eigenvalue weighted by Crippen LogP contribution is -2.19. The Kier molecular flexibility index (Phi) is 5.75. The maximum atomic E-state index is 10.0. The summed E-state index contributed by atoms with van der Waals surface area (Å²) in [6, 6.07) is 11.1. The third kappa shape index (κ3) is 4.15. The minimum Gasteiger partial charge on any atom is -0.506 e. The molecule has 0 fully saturated rings. The van der Waals surface area contributed by atoms with Crippen LogP contribution in [0.25, 0.3) is 0 Å². The summed E-state index contributed by atoms with van der Waals surface area (Å²) < 4.78 is 0. The number of benzene rings is 2. The van der Waals surface area contributed by atoms with Crippen LogP contribution in [0.2, 0.25) is 0 Å². The van der Waals surface area contributed by atoms with Crippen LogP contribution in [0.5, 0.6) is 11.5 Å². The molecule has 0 aliphatic carbocycles. The molecule has 4 N–H and O–H groups in total. The van der Waals surface area contributed by atoms with Crippen molar-refractivity contribution in [1.29, 1.82) is 0 Å². The van der Waals surface area contributed by atoms with E-state index in [0.29, 0.717) is 24.5 Å². The Labute approximate surface area is 149 Å². The average molecular weight is 338 g/mol. The van der Waals surface area contributed by atoms with Gasteiger partial charge in [-0.25, -0.2) is 0 Å². The van der Waals surface area contributed by atoms with Crippen molar-refractivity contribution >= 4 is 11.4 Å². The van der Waals surface area contributed by atoms with Crippen LogP contribution in [-0.2, 0) is 5.41 Å². The molecule has 0 aromatic heterocycles. The van der Waals surface area contributed by atoms with E-state index in [4.69, 9.17) is 0 Å². The number of aromatic hydroxyl groups is 2. The van der Waals surface area contributed by atoms with Crippen LogP contribution in [0.4, 0.5) is 11.4 Å². The second-order valence-corrected chi connectivity index (χ2v) is 6.43. The van der Waals surface area contributed by atoms with Crippen LogP contribution in [-0.4, -0.2) is 23.3 Å². The smallest absolute Gasteiger partial charge is 0.138 e. The van der Waals surface area contributed by atoms with Gasteiger partial charge < -0.3 is 20.8 Å². The van der Waals surface area contributed by atoms with Gasteiger partial charge in [-0.15, -0.1) is 13.2 Å². The Bertz CT molecular complexity index is 703. The molecule has 4 heteroatoms. The van der Waals surface area contributed by atoms with Crippen molar-refractivity contribution < 1.29 is 10.2 Å². The van der Waals surface area contributed by atoms with E-state index in [1.165, 1.54) is 0 Å². The number of hydrogen-bond donors (Lipinski definition) is 4. The summed E-state index contributed by atoms with van der Waals surface area (Å²) in [6.07, 6.45) is 3.49. The Morgan fingerprint density at radius 1 is 0.840 bits per heavy atom. The van der Waals surface area contributed by atoms with Gasteiger partial charge in [0.2, 0.25) is 0 Å². The molecule has 0 radical (unpaired) electrons. The standard InChI is InChI=1S/C21H26N2O2/c1-5-11-22-17-13-15(7-9-19(17)24)21(3,4)16-8-10-20(25)18(14-16)23-12-6-2/h5-10,13-14,22-25H,1-2,11-12H2,3-4H3. The first-order valence-corrected chi connectivity index (χ1v) is 8.26.